The summed E-state index contributed by atoms with van der Waals surface area (Å²) in [4.78, 5) is 45.4. The summed E-state index contributed by atoms with van der Waals surface area (Å²) in [5.74, 6) is -5.65. The van der Waals surface area contributed by atoms with Crippen LogP contribution in [0.15, 0.2) is 0 Å². The van der Waals surface area contributed by atoms with Crippen LogP contribution in [0.1, 0.15) is 27.7 Å². The highest BCUT2D eigenvalue weighted by Gasteiger charge is 2.58. The molecule has 38 heavy (non-hydrogen) atoms. The summed E-state index contributed by atoms with van der Waals surface area (Å²) in [6.45, 7) is 6.65. The molecular weight excluding hydrogens is 520 g/mol. The lowest BCUT2D eigenvalue weighted by molar-refractivity contribution is -0.177. The maximum atomic E-state index is 11.9. The quantitative estimate of drug-likeness (QED) is 0.174. The molecule has 16 heteroatoms. The maximum absolute atomic E-state index is 11.9. The Morgan fingerprint density at radius 3 is 1.11 bits per heavy atom. The third-order valence-electron chi connectivity index (χ3n) is 5.33. The van der Waals surface area contributed by atoms with Gasteiger partial charge < -0.3 is 58.3 Å². The zero-order valence-electron chi connectivity index (χ0n) is 22.3. The SMILES string of the molecule is COC(=O)[C@@H](O)[C@H](O)[C@H](O)[C@@H](O)C(=O)OC.COC(=O)[C@H]1OC(C)(C)O[C@@H]1[C@@H]1OC(C)(C)O[C@H]1C(=O)OC. The van der Waals surface area contributed by atoms with Crippen molar-refractivity contribution in [3.8, 4) is 0 Å². The highest BCUT2D eigenvalue weighted by Crippen LogP contribution is 2.39. The minimum Gasteiger partial charge on any atom is -0.467 e. The summed E-state index contributed by atoms with van der Waals surface area (Å²) in [6, 6.07) is 0. The molecule has 2 aliphatic rings. The maximum Gasteiger partial charge on any atom is 0.337 e. The van der Waals surface area contributed by atoms with Crippen molar-refractivity contribution in [2.45, 2.75) is 88.1 Å². The van der Waals surface area contributed by atoms with Crippen LogP contribution in [-0.4, -0.2) is 133 Å². The molecule has 220 valence electrons. The van der Waals surface area contributed by atoms with Crippen molar-refractivity contribution in [1.29, 1.82) is 0 Å². The molecule has 2 heterocycles. The zero-order valence-corrected chi connectivity index (χ0v) is 22.3. The van der Waals surface area contributed by atoms with Crippen LogP contribution < -0.4 is 0 Å². The molecule has 0 spiro atoms. The number of aliphatic hydroxyl groups excluding tert-OH is 4. The molecule has 8 atom stereocenters. The van der Waals surface area contributed by atoms with Gasteiger partial charge in [0.25, 0.3) is 0 Å². The van der Waals surface area contributed by atoms with Gasteiger partial charge in [0, 0.05) is 0 Å². The van der Waals surface area contributed by atoms with Crippen molar-refractivity contribution in [1.82, 2.24) is 0 Å². The lowest BCUT2D eigenvalue weighted by Gasteiger charge is -2.24. The highest BCUT2D eigenvalue weighted by atomic mass is 16.8. The molecule has 0 amide bonds. The van der Waals surface area contributed by atoms with E-state index >= 15 is 0 Å². The van der Waals surface area contributed by atoms with Gasteiger partial charge >= 0.3 is 23.9 Å². The van der Waals surface area contributed by atoms with E-state index in [4.69, 9.17) is 38.6 Å². The smallest absolute Gasteiger partial charge is 0.337 e. The molecule has 4 N–H and O–H groups in total. The Hall–Kier alpha value is -2.44. The van der Waals surface area contributed by atoms with Crippen LogP contribution in [0, 0.1) is 0 Å². The van der Waals surface area contributed by atoms with Crippen LogP contribution in [0.2, 0.25) is 0 Å². The van der Waals surface area contributed by atoms with Crippen LogP contribution >= 0.6 is 0 Å². The highest BCUT2D eigenvalue weighted by molar-refractivity contribution is 5.78. The summed E-state index contributed by atoms with van der Waals surface area (Å²) < 4.78 is 40.3. The molecule has 2 aliphatic heterocycles. The fourth-order valence-electron chi connectivity index (χ4n) is 3.55. The molecule has 0 unspecified atom stereocenters. The molecule has 0 aromatic carbocycles. The monoisotopic (exact) mass is 556 g/mol. The van der Waals surface area contributed by atoms with E-state index in [1.165, 1.54) is 14.2 Å². The fraction of sp³-hybridized carbons (Fsp3) is 0.818. The van der Waals surface area contributed by atoms with Gasteiger partial charge in [-0.05, 0) is 27.7 Å². The number of esters is 4. The summed E-state index contributed by atoms with van der Waals surface area (Å²) >= 11 is 0. The number of aliphatic hydroxyl groups is 4. The topological polar surface area (TPSA) is 223 Å². The zero-order chi connectivity index (χ0) is 29.6. The van der Waals surface area contributed by atoms with E-state index in [0.717, 1.165) is 14.2 Å². The first-order chi connectivity index (χ1) is 17.5. The number of hydrogen-bond donors (Lipinski definition) is 4. The molecule has 0 aromatic heterocycles. The molecule has 2 fully saturated rings. The Kier molecular flexibility index (Phi) is 12.0. The minimum absolute atomic E-state index is 0.604. The first-order valence-electron chi connectivity index (χ1n) is 11.2. The molecule has 16 nitrogen and oxygen atoms in total. The first kappa shape index (κ1) is 33.6. The second-order valence-corrected chi connectivity index (χ2v) is 9.00. The van der Waals surface area contributed by atoms with E-state index in [1.807, 2.05) is 0 Å². The Labute approximate surface area is 218 Å². The average Bonchev–Trinajstić information content (AvgIpc) is 3.39. The summed E-state index contributed by atoms with van der Waals surface area (Å²) in [5, 5.41) is 36.7. The molecule has 0 radical (unpaired) electrons. The number of carbonyl (C=O) groups excluding carboxylic acids is 4. The predicted molar refractivity (Wildman–Crippen MR) is 120 cm³/mol. The molecule has 0 bridgehead atoms. The van der Waals surface area contributed by atoms with Crippen molar-refractivity contribution in [2.24, 2.45) is 0 Å². The van der Waals surface area contributed by atoms with Crippen LogP contribution in [0.4, 0.5) is 0 Å². The van der Waals surface area contributed by atoms with Crippen LogP contribution in [0.5, 0.6) is 0 Å². The van der Waals surface area contributed by atoms with Crippen LogP contribution in [0.3, 0.4) is 0 Å². The largest absolute Gasteiger partial charge is 0.467 e. The van der Waals surface area contributed by atoms with Gasteiger partial charge in [-0.2, -0.15) is 0 Å². The molecule has 0 saturated carbocycles. The van der Waals surface area contributed by atoms with E-state index < -0.39 is 84.3 Å². The number of carbonyl (C=O) groups is 4. The lowest BCUT2D eigenvalue weighted by Crippen LogP contribution is -2.50. The summed E-state index contributed by atoms with van der Waals surface area (Å²) in [6.07, 6.45) is -12.0. The first-order valence-corrected chi connectivity index (χ1v) is 11.2. The van der Waals surface area contributed by atoms with Crippen molar-refractivity contribution in [2.75, 3.05) is 28.4 Å². The Morgan fingerprint density at radius 1 is 0.579 bits per heavy atom. The van der Waals surface area contributed by atoms with Crippen molar-refractivity contribution < 1.29 is 77.5 Å². The Balaban J connectivity index is 0.000000403. The molecular formula is C22H36O16. The fourth-order valence-corrected chi connectivity index (χ4v) is 3.55. The third kappa shape index (κ3) is 8.28. The van der Waals surface area contributed by atoms with Gasteiger partial charge in [-0.3, -0.25) is 0 Å². The van der Waals surface area contributed by atoms with Gasteiger partial charge in [-0.25, -0.2) is 19.2 Å². The second kappa shape index (κ2) is 13.6. The van der Waals surface area contributed by atoms with Gasteiger partial charge in [0.2, 0.25) is 0 Å². The van der Waals surface area contributed by atoms with E-state index in [-0.39, 0.29) is 0 Å². The van der Waals surface area contributed by atoms with E-state index in [0.29, 0.717) is 0 Å². The number of hydrogen-bond acceptors (Lipinski definition) is 16. The van der Waals surface area contributed by atoms with Crippen LogP contribution in [0.25, 0.3) is 0 Å². The second-order valence-electron chi connectivity index (χ2n) is 9.00. The third-order valence-corrected chi connectivity index (χ3v) is 5.33. The lowest BCUT2D eigenvalue weighted by atomic mass is 10.0. The predicted octanol–water partition coefficient (Wildman–Crippen LogP) is -2.85. The molecule has 2 rings (SSSR count). The van der Waals surface area contributed by atoms with Gasteiger partial charge in [-0.15, -0.1) is 0 Å². The van der Waals surface area contributed by atoms with Crippen molar-refractivity contribution in [3.63, 3.8) is 0 Å². The standard InChI is InChI=1S/C14H22O8.C8H14O8/c1-13(2)19-7(9(21-13)11(15)17-5)8-10(12(16)18-6)22-14(3,4)20-8;1-15-7(13)5(11)3(9)4(10)6(12)8(14)16-2/h7-10H,1-6H3;3-6,9-12H,1-2H3/t7-,8+,9+,10-;3-,4+,5+,6-. The van der Waals surface area contributed by atoms with Gasteiger partial charge in [-0.1, -0.05) is 0 Å². The van der Waals surface area contributed by atoms with Gasteiger partial charge in [0.1, 0.15) is 24.4 Å². The molecule has 0 aliphatic carbocycles. The molecule has 2 saturated heterocycles. The number of ether oxygens (including phenoxy) is 8. The van der Waals surface area contributed by atoms with Crippen molar-refractivity contribution in [3.05, 3.63) is 0 Å². The summed E-state index contributed by atoms with van der Waals surface area (Å²) in [5.41, 5.74) is 0. The van der Waals surface area contributed by atoms with E-state index in [2.05, 4.69) is 9.47 Å². The van der Waals surface area contributed by atoms with Crippen LogP contribution in [-0.2, 0) is 57.1 Å². The van der Waals surface area contributed by atoms with E-state index in [9.17, 15) is 29.4 Å². The van der Waals surface area contributed by atoms with Gasteiger partial charge in [0.15, 0.2) is 36.0 Å². The average molecular weight is 557 g/mol. The Morgan fingerprint density at radius 2 is 0.868 bits per heavy atom. The normalized spacial score (nSPS) is 28.5. The van der Waals surface area contributed by atoms with E-state index in [1.54, 1.807) is 27.7 Å². The number of methoxy groups -OCH3 is 4. The van der Waals surface area contributed by atoms with Gasteiger partial charge in [0.05, 0.1) is 28.4 Å². The number of rotatable bonds is 8. The molecule has 0 aromatic rings. The van der Waals surface area contributed by atoms with Crippen molar-refractivity contribution >= 4 is 23.9 Å². The Bertz CT molecular complexity index is 773. The minimum atomic E-state index is -2.07. The summed E-state index contributed by atoms with van der Waals surface area (Å²) in [7, 11) is 4.42.